The maximum absolute atomic E-state index is 14.0. The van der Waals surface area contributed by atoms with Gasteiger partial charge in [-0.2, -0.15) is 0 Å². The third-order valence-corrected chi connectivity index (χ3v) is 13.9. The lowest BCUT2D eigenvalue weighted by atomic mass is 9.33. The fourth-order valence-electron chi connectivity index (χ4n) is 11.1. The standard InChI is InChI=1S/C33H53NO5/c1-28(2)14-16-33(27(39)34-22(19-35)26(37)38)17-15-31(6)20(21(33)18-28)8-9-24-30(5)12-11-25(36)29(3,4)23(30)10-13-32(24,31)7/h8,21-25,35-36H,9-19H2,1-7H3,(H,34,39)(H,37,38)/t21-,22-,23-,24+,25-,30-,31+,32+,33-/m0/s1. The third-order valence-electron chi connectivity index (χ3n) is 13.9. The van der Waals surface area contributed by atoms with Crippen molar-refractivity contribution in [2.75, 3.05) is 6.61 Å². The summed E-state index contributed by atoms with van der Waals surface area (Å²) >= 11 is 0. The maximum Gasteiger partial charge on any atom is 0.328 e. The summed E-state index contributed by atoms with van der Waals surface area (Å²) in [5.74, 6) is -0.250. The zero-order valence-electron chi connectivity index (χ0n) is 25.4. The van der Waals surface area contributed by atoms with Crippen molar-refractivity contribution in [1.29, 1.82) is 0 Å². The van der Waals surface area contributed by atoms with Crippen LogP contribution in [0.5, 0.6) is 0 Å². The number of amides is 1. The van der Waals surface area contributed by atoms with Crippen molar-refractivity contribution < 1.29 is 24.9 Å². The lowest BCUT2D eigenvalue weighted by molar-refractivity contribution is -0.203. The number of allylic oxidation sites excluding steroid dienone is 2. The molecule has 0 aromatic carbocycles. The zero-order valence-corrected chi connectivity index (χ0v) is 25.4. The van der Waals surface area contributed by atoms with Gasteiger partial charge >= 0.3 is 5.97 Å². The molecule has 6 nitrogen and oxygen atoms in total. The van der Waals surface area contributed by atoms with Crippen molar-refractivity contribution in [2.24, 2.45) is 50.2 Å². The van der Waals surface area contributed by atoms with Crippen LogP contribution in [-0.2, 0) is 9.59 Å². The number of fused-ring (bicyclic) bond motifs is 7. The van der Waals surface area contributed by atoms with Gasteiger partial charge in [0, 0.05) is 0 Å². The van der Waals surface area contributed by atoms with Crippen molar-refractivity contribution in [3.8, 4) is 0 Å². The normalized spacial score (nSPS) is 46.8. The largest absolute Gasteiger partial charge is 0.480 e. The van der Waals surface area contributed by atoms with Gasteiger partial charge in [0.15, 0.2) is 0 Å². The van der Waals surface area contributed by atoms with Gasteiger partial charge < -0.3 is 20.6 Å². The first-order valence-corrected chi connectivity index (χ1v) is 15.5. The summed E-state index contributed by atoms with van der Waals surface area (Å²) < 4.78 is 0. The molecular weight excluding hydrogens is 490 g/mol. The van der Waals surface area contributed by atoms with Crippen LogP contribution in [0.2, 0.25) is 0 Å². The number of carboxylic acid groups (broad SMARTS) is 1. The monoisotopic (exact) mass is 543 g/mol. The summed E-state index contributed by atoms with van der Waals surface area (Å²) in [5.41, 5.74) is 1.12. The topological polar surface area (TPSA) is 107 Å². The predicted octanol–water partition coefficient (Wildman–Crippen LogP) is 5.71. The molecule has 0 aromatic heterocycles. The molecule has 0 aliphatic heterocycles. The summed E-state index contributed by atoms with van der Waals surface area (Å²) in [4.78, 5) is 25.7. The van der Waals surface area contributed by atoms with Crippen molar-refractivity contribution >= 4 is 11.9 Å². The maximum atomic E-state index is 14.0. The number of aliphatic hydroxyl groups excluding tert-OH is 2. The van der Waals surface area contributed by atoms with Crippen molar-refractivity contribution in [3.05, 3.63) is 11.6 Å². The predicted molar refractivity (Wildman–Crippen MR) is 152 cm³/mol. The van der Waals surface area contributed by atoms with Gasteiger partial charge in [-0.25, -0.2) is 4.79 Å². The number of hydrogen-bond donors (Lipinski definition) is 4. The smallest absolute Gasteiger partial charge is 0.328 e. The summed E-state index contributed by atoms with van der Waals surface area (Å²) in [5, 5.41) is 32.9. The van der Waals surface area contributed by atoms with E-state index < -0.39 is 24.0 Å². The molecule has 0 saturated heterocycles. The van der Waals surface area contributed by atoms with E-state index in [0.717, 1.165) is 64.2 Å². The molecule has 1 amide bonds. The van der Waals surface area contributed by atoms with Gasteiger partial charge in [0.25, 0.3) is 0 Å². The van der Waals surface area contributed by atoms with E-state index in [1.807, 2.05) is 0 Å². The molecule has 4 N–H and O–H groups in total. The Morgan fingerprint density at radius 1 is 0.949 bits per heavy atom. The first kappa shape index (κ1) is 29.1. The minimum absolute atomic E-state index is 0.0187. The van der Waals surface area contributed by atoms with Gasteiger partial charge in [-0.1, -0.05) is 60.1 Å². The van der Waals surface area contributed by atoms with E-state index >= 15 is 0 Å². The van der Waals surface area contributed by atoms with E-state index in [0.29, 0.717) is 11.8 Å². The number of carbonyl (C=O) groups excluding carboxylic acids is 1. The summed E-state index contributed by atoms with van der Waals surface area (Å²) in [6.45, 7) is 16.1. The average Bonchev–Trinajstić information content (AvgIpc) is 2.84. The van der Waals surface area contributed by atoms with E-state index in [2.05, 4.69) is 59.9 Å². The number of carboxylic acids is 1. The molecule has 5 aliphatic carbocycles. The number of aliphatic carboxylic acids is 1. The lowest BCUT2D eigenvalue weighted by Gasteiger charge is -2.71. The molecule has 0 spiro atoms. The fraction of sp³-hybridized carbons (Fsp3) is 0.879. The Balaban J connectivity index is 1.56. The van der Waals surface area contributed by atoms with E-state index in [1.165, 1.54) is 5.57 Å². The molecule has 9 atom stereocenters. The summed E-state index contributed by atoms with van der Waals surface area (Å²) in [6, 6.07) is -1.27. The molecule has 4 saturated carbocycles. The Labute approximate surface area is 235 Å². The molecule has 4 fully saturated rings. The zero-order chi connectivity index (χ0) is 28.8. The van der Waals surface area contributed by atoms with Crippen LogP contribution in [0.3, 0.4) is 0 Å². The Kier molecular flexibility index (Phi) is 6.75. The Morgan fingerprint density at radius 3 is 2.26 bits per heavy atom. The molecule has 0 radical (unpaired) electrons. The van der Waals surface area contributed by atoms with E-state index in [9.17, 15) is 24.9 Å². The Morgan fingerprint density at radius 2 is 1.62 bits per heavy atom. The van der Waals surface area contributed by atoms with Crippen LogP contribution in [0.1, 0.15) is 113 Å². The van der Waals surface area contributed by atoms with Crippen LogP contribution in [0, 0.1) is 50.2 Å². The first-order valence-electron chi connectivity index (χ1n) is 15.5. The second kappa shape index (κ2) is 9.05. The van der Waals surface area contributed by atoms with Crippen LogP contribution < -0.4 is 5.32 Å². The van der Waals surface area contributed by atoms with Crippen LogP contribution >= 0.6 is 0 Å². The minimum Gasteiger partial charge on any atom is -0.480 e. The highest BCUT2D eigenvalue weighted by molar-refractivity contribution is 5.88. The minimum atomic E-state index is -1.27. The molecular formula is C33H53NO5. The van der Waals surface area contributed by atoms with Gasteiger partial charge in [0.2, 0.25) is 5.91 Å². The van der Waals surface area contributed by atoms with Gasteiger partial charge in [0.05, 0.1) is 18.1 Å². The molecule has 0 aromatic rings. The highest BCUT2D eigenvalue weighted by Gasteiger charge is 2.69. The fourth-order valence-corrected chi connectivity index (χ4v) is 11.1. The Bertz CT molecular complexity index is 1060. The first-order chi connectivity index (χ1) is 18.0. The van der Waals surface area contributed by atoms with Gasteiger partial charge in [-0.3, -0.25) is 4.79 Å². The van der Waals surface area contributed by atoms with Crippen LogP contribution in [-0.4, -0.2) is 45.9 Å². The number of aliphatic hydroxyl groups is 2. The lowest BCUT2D eigenvalue weighted by Crippen LogP contribution is -2.65. The second-order valence-electron chi connectivity index (χ2n) is 16.3. The van der Waals surface area contributed by atoms with E-state index in [-0.39, 0.29) is 45.0 Å². The molecule has 39 heavy (non-hydrogen) atoms. The number of nitrogens with one attached hydrogen (secondary N) is 1. The SMILES string of the molecule is CC1(C)CC[C@]2(C(=O)N[C@@H](CO)C(=O)O)CC[C@]3(C)C(=CC[C@@H]4[C@@]5(C)CC[C@H](O)C(C)(C)[C@@H]5CC[C@]43C)[C@@H]2C1. The highest BCUT2D eigenvalue weighted by atomic mass is 16.4. The van der Waals surface area contributed by atoms with Crippen LogP contribution in [0.4, 0.5) is 0 Å². The molecule has 0 bridgehead atoms. The highest BCUT2D eigenvalue weighted by Crippen LogP contribution is 2.75. The average molecular weight is 544 g/mol. The number of hydrogen-bond acceptors (Lipinski definition) is 4. The second-order valence-corrected chi connectivity index (χ2v) is 16.3. The van der Waals surface area contributed by atoms with E-state index in [1.54, 1.807) is 0 Å². The molecule has 5 aliphatic rings. The number of rotatable bonds is 4. The summed E-state index contributed by atoms with van der Waals surface area (Å²) in [6.07, 6.45) is 11.8. The van der Waals surface area contributed by atoms with Gasteiger partial charge in [0.1, 0.15) is 6.04 Å². The van der Waals surface area contributed by atoms with Crippen molar-refractivity contribution in [1.82, 2.24) is 5.32 Å². The van der Waals surface area contributed by atoms with Gasteiger partial charge in [-0.05, 0) is 109 Å². The molecule has 0 heterocycles. The molecule has 6 heteroatoms. The molecule has 220 valence electrons. The third kappa shape index (κ3) is 3.93. The van der Waals surface area contributed by atoms with E-state index in [4.69, 9.17) is 0 Å². The Hall–Kier alpha value is -1.40. The van der Waals surface area contributed by atoms with Crippen LogP contribution in [0.15, 0.2) is 11.6 Å². The quantitative estimate of drug-likeness (QED) is 0.340. The van der Waals surface area contributed by atoms with Gasteiger partial charge in [-0.15, -0.1) is 0 Å². The van der Waals surface area contributed by atoms with Crippen LogP contribution in [0.25, 0.3) is 0 Å². The van der Waals surface area contributed by atoms with Crippen molar-refractivity contribution in [2.45, 2.75) is 125 Å². The summed E-state index contributed by atoms with van der Waals surface area (Å²) in [7, 11) is 0. The van der Waals surface area contributed by atoms with Crippen molar-refractivity contribution in [3.63, 3.8) is 0 Å². The number of carbonyl (C=O) groups is 2. The molecule has 0 unspecified atom stereocenters. The molecule has 5 rings (SSSR count).